The Labute approximate surface area is 137 Å². The highest BCUT2D eigenvalue weighted by molar-refractivity contribution is 7.71. The summed E-state index contributed by atoms with van der Waals surface area (Å²) in [6.07, 6.45) is 1.56. The zero-order chi connectivity index (χ0) is 17.0. The van der Waals surface area contributed by atoms with Crippen LogP contribution in [0.3, 0.4) is 0 Å². The molecule has 0 saturated heterocycles. The van der Waals surface area contributed by atoms with E-state index in [9.17, 15) is 13.6 Å². The van der Waals surface area contributed by atoms with Crippen LogP contribution in [0, 0.1) is 16.4 Å². The number of halogens is 2. The minimum atomic E-state index is -0.658. The largest absolute Gasteiger partial charge is 0.348 e. The van der Waals surface area contributed by atoms with E-state index in [0.29, 0.717) is 17.0 Å². The van der Waals surface area contributed by atoms with Crippen LogP contribution in [0.2, 0.25) is 0 Å². The number of aromatic amines is 1. The van der Waals surface area contributed by atoms with Crippen LogP contribution in [-0.2, 0) is 17.8 Å². The van der Waals surface area contributed by atoms with Crippen LogP contribution >= 0.6 is 12.2 Å². The van der Waals surface area contributed by atoms with Gasteiger partial charge in [0.15, 0.2) is 4.77 Å². The summed E-state index contributed by atoms with van der Waals surface area (Å²) in [6.45, 7) is 3.57. The van der Waals surface area contributed by atoms with Gasteiger partial charge in [-0.2, -0.15) is 5.10 Å². The molecule has 0 fully saturated rings. The molecular weight excluding hydrogens is 322 g/mol. The van der Waals surface area contributed by atoms with Crippen molar-refractivity contribution in [2.45, 2.75) is 39.3 Å². The fraction of sp³-hybridized carbons (Fsp3) is 0.400. The number of aryl methyl sites for hydroxylation is 1. The van der Waals surface area contributed by atoms with E-state index < -0.39 is 17.7 Å². The van der Waals surface area contributed by atoms with Crippen molar-refractivity contribution in [1.82, 2.24) is 20.1 Å². The van der Waals surface area contributed by atoms with Crippen molar-refractivity contribution in [3.05, 3.63) is 46.0 Å². The normalized spacial score (nSPS) is 12.2. The van der Waals surface area contributed by atoms with E-state index in [4.69, 9.17) is 12.2 Å². The average molecular weight is 340 g/mol. The van der Waals surface area contributed by atoms with Crippen molar-refractivity contribution in [3.63, 3.8) is 0 Å². The molecule has 1 unspecified atom stereocenters. The predicted molar refractivity (Wildman–Crippen MR) is 84.3 cm³/mol. The molecular formula is C15H18F2N4OS. The summed E-state index contributed by atoms with van der Waals surface area (Å²) in [5, 5.41) is 9.38. The Bertz CT molecular complexity index is 756. The third-order valence-electron chi connectivity index (χ3n) is 3.41. The first-order valence-electron chi connectivity index (χ1n) is 7.30. The van der Waals surface area contributed by atoms with E-state index in [-0.39, 0.29) is 18.0 Å². The Kier molecular flexibility index (Phi) is 5.59. The predicted octanol–water partition coefficient (Wildman–Crippen LogP) is 3.05. The summed E-state index contributed by atoms with van der Waals surface area (Å²) in [7, 11) is 0. The van der Waals surface area contributed by atoms with E-state index in [1.807, 2.05) is 6.92 Å². The molecule has 0 radical (unpaired) electrons. The molecule has 1 aromatic heterocycles. The first-order valence-corrected chi connectivity index (χ1v) is 7.71. The molecule has 0 saturated carbocycles. The molecule has 0 bridgehead atoms. The van der Waals surface area contributed by atoms with Gasteiger partial charge in [-0.05, 0) is 43.8 Å². The number of carbonyl (C=O) groups is 1. The number of rotatable bonds is 6. The fourth-order valence-electron chi connectivity index (χ4n) is 2.28. The second-order valence-corrected chi connectivity index (χ2v) is 5.62. The summed E-state index contributed by atoms with van der Waals surface area (Å²) in [5.74, 6) is -0.774. The molecule has 23 heavy (non-hydrogen) atoms. The number of aromatic nitrogens is 3. The summed E-state index contributed by atoms with van der Waals surface area (Å²) < 4.78 is 28.9. The zero-order valence-electron chi connectivity index (χ0n) is 12.9. The zero-order valence-corrected chi connectivity index (χ0v) is 13.7. The van der Waals surface area contributed by atoms with Crippen LogP contribution in [0.4, 0.5) is 8.78 Å². The maximum absolute atomic E-state index is 13.7. The number of hydrogen-bond acceptors (Lipinski definition) is 3. The number of benzene rings is 1. The van der Waals surface area contributed by atoms with Gasteiger partial charge in [0.1, 0.15) is 24.0 Å². The van der Waals surface area contributed by atoms with Crippen molar-refractivity contribution in [3.8, 4) is 0 Å². The molecule has 1 amide bonds. The smallest absolute Gasteiger partial charge is 0.240 e. The van der Waals surface area contributed by atoms with Gasteiger partial charge in [0.25, 0.3) is 0 Å². The lowest BCUT2D eigenvalue weighted by molar-refractivity contribution is -0.122. The molecule has 0 aliphatic carbocycles. The Hall–Kier alpha value is -2.09. The molecule has 2 aromatic rings. The van der Waals surface area contributed by atoms with Gasteiger partial charge in [0, 0.05) is 12.0 Å². The van der Waals surface area contributed by atoms with Gasteiger partial charge in [0.05, 0.1) is 6.04 Å². The summed E-state index contributed by atoms with van der Waals surface area (Å²) in [4.78, 5) is 12.2. The SMILES string of the molecule is CCCc1n[nH]c(=S)n1CC(=O)NC(C)c1cc(F)ccc1F. The molecule has 5 nitrogen and oxygen atoms in total. The Morgan fingerprint density at radius 1 is 1.48 bits per heavy atom. The van der Waals surface area contributed by atoms with Crippen LogP contribution in [0.25, 0.3) is 0 Å². The molecule has 1 aromatic carbocycles. The highest BCUT2D eigenvalue weighted by Crippen LogP contribution is 2.18. The maximum atomic E-state index is 13.7. The fourth-order valence-corrected chi connectivity index (χ4v) is 2.50. The molecule has 1 atom stereocenters. The summed E-state index contributed by atoms with van der Waals surface area (Å²) >= 11 is 5.11. The minimum absolute atomic E-state index is 0.0219. The highest BCUT2D eigenvalue weighted by Gasteiger charge is 2.16. The highest BCUT2D eigenvalue weighted by atomic mass is 32.1. The first kappa shape index (κ1) is 17.3. The van der Waals surface area contributed by atoms with E-state index >= 15 is 0 Å². The van der Waals surface area contributed by atoms with E-state index in [1.54, 1.807) is 11.5 Å². The van der Waals surface area contributed by atoms with E-state index in [2.05, 4.69) is 15.5 Å². The van der Waals surface area contributed by atoms with Crippen molar-refractivity contribution in [2.75, 3.05) is 0 Å². The second kappa shape index (κ2) is 7.45. The molecule has 1 heterocycles. The quantitative estimate of drug-likeness (QED) is 0.795. The Balaban J connectivity index is 2.09. The lowest BCUT2D eigenvalue weighted by Gasteiger charge is -2.16. The van der Waals surface area contributed by atoms with Gasteiger partial charge in [0.2, 0.25) is 5.91 Å². The lowest BCUT2D eigenvalue weighted by atomic mass is 10.1. The van der Waals surface area contributed by atoms with Crippen molar-refractivity contribution >= 4 is 18.1 Å². The molecule has 2 N–H and O–H groups in total. The third kappa shape index (κ3) is 4.22. The van der Waals surface area contributed by atoms with Gasteiger partial charge in [-0.25, -0.2) is 8.78 Å². The minimum Gasteiger partial charge on any atom is -0.348 e. The van der Waals surface area contributed by atoms with Crippen LogP contribution in [0.1, 0.15) is 37.7 Å². The van der Waals surface area contributed by atoms with Crippen LogP contribution < -0.4 is 5.32 Å². The number of nitrogens with one attached hydrogen (secondary N) is 2. The number of carbonyl (C=O) groups excluding carboxylic acids is 1. The van der Waals surface area contributed by atoms with Crippen molar-refractivity contribution in [1.29, 1.82) is 0 Å². The lowest BCUT2D eigenvalue weighted by Crippen LogP contribution is -2.31. The first-order chi connectivity index (χ1) is 10.9. The van der Waals surface area contributed by atoms with Gasteiger partial charge < -0.3 is 5.32 Å². The molecule has 0 spiro atoms. The summed E-state index contributed by atoms with van der Waals surface area (Å²) in [6, 6.07) is 2.49. The maximum Gasteiger partial charge on any atom is 0.240 e. The van der Waals surface area contributed by atoms with Crippen LogP contribution in [0.15, 0.2) is 18.2 Å². The number of H-pyrrole nitrogens is 1. The topological polar surface area (TPSA) is 62.7 Å². The molecule has 0 aliphatic rings. The number of hydrogen-bond donors (Lipinski definition) is 2. The molecule has 0 aliphatic heterocycles. The number of amides is 1. The van der Waals surface area contributed by atoms with Crippen molar-refractivity contribution in [2.24, 2.45) is 0 Å². The van der Waals surface area contributed by atoms with Gasteiger partial charge in [-0.1, -0.05) is 6.92 Å². The standard InChI is InChI=1S/C15H18F2N4OS/c1-3-4-13-19-20-15(23)21(13)8-14(22)18-9(2)11-7-10(16)5-6-12(11)17/h5-7,9H,3-4,8H2,1-2H3,(H,18,22)(H,20,23). The second-order valence-electron chi connectivity index (χ2n) is 5.24. The molecule has 2 rings (SSSR count). The average Bonchev–Trinajstić information content (AvgIpc) is 2.83. The van der Waals surface area contributed by atoms with E-state index in [0.717, 1.165) is 24.6 Å². The molecule has 8 heteroatoms. The van der Waals surface area contributed by atoms with Crippen LogP contribution in [-0.4, -0.2) is 20.7 Å². The Morgan fingerprint density at radius 2 is 2.22 bits per heavy atom. The molecule has 124 valence electrons. The van der Waals surface area contributed by atoms with Gasteiger partial charge >= 0.3 is 0 Å². The Morgan fingerprint density at radius 3 is 2.91 bits per heavy atom. The van der Waals surface area contributed by atoms with Gasteiger partial charge in [-0.3, -0.25) is 14.5 Å². The van der Waals surface area contributed by atoms with Crippen molar-refractivity contribution < 1.29 is 13.6 Å². The third-order valence-corrected chi connectivity index (χ3v) is 3.73. The number of nitrogens with zero attached hydrogens (tertiary/aromatic N) is 2. The van der Waals surface area contributed by atoms with Crippen LogP contribution in [0.5, 0.6) is 0 Å². The summed E-state index contributed by atoms with van der Waals surface area (Å²) in [5.41, 5.74) is 0.0999. The van der Waals surface area contributed by atoms with Gasteiger partial charge in [-0.15, -0.1) is 0 Å². The monoisotopic (exact) mass is 340 g/mol. The van der Waals surface area contributed by atoms with E-state index in [1.165, 1.54) is 0 Å².